The van der Waals surface area contributed by atoms with E-state index in [0.717, 1.165) is 13.1 Å². The summed E-state index contributed by atoms with van der Waals surface area (Å²) in [5.74, 6) is 0.593. The van der Waals surface area contributed by atoms with Crippen LogP contribution in [0.25, 0.3) is 0 Å². The predicted molar refractivity (Wildman–Crippen MR) is 100 cm³/mol. The van der Waals surface area contributed by atoms with Crippen molar-refractivity contribution in [2.75, 3.05) is 34.2 Å². The van der Waals surface area contributed by atoms with E-state index in [-0.39, 0.29) is 5.54 Å². The molecule has 0 bridgehead atoms. The minimum atomic E-state index is 0.0695. The van der Waals surface area contributed by atoms with Gasteiger partial charge in [0.05, 0.1) is 5.54 Å². The van der Waals surface area contributed by atoms with Crippen molar-refractivity contribution in [3.63, 3.8) is 0 Å². The molecule has 1 saturated carbocycles. The summed E-state index contributed by atoms with van der Waals surface area (Å²) in [6, 6.07) is 9.82. The smallest absolute Gasteiger partial charge is 0.0587 e. The van der Waals surface area contributed by atoms with Gasteiger partial charge < -0.3 is 15.5 Å². The fourth-order valence-corrected chi connectivity index (χ4v) is 3.87. The highest BCUT2D eigenvalue weighted by Crippen LogP contribution is 2.37. The van der Waals surface area contributed by atoms with Crippen LogP contribution in [-0.4, -0.2) is 45.2 Å². The summed E-state index contributed by atoms with van der Waals surface area (Å²) >= 11 is 0. The van der Waals surface area contributed by atoms with Gasteiger partial charge in [0.25, 0.3) is 0 Å². The molecule has 130 valence electrons. The van der Waals surface area contributed by atoms with E-state index >= 15 is 0 Å². The van der Waals surface area contributed by atoms with E-state index in [9.17, 15) is 0 Å². The number of hydrogen-bond acceptors (Lipinski definition) is 3. The van der Waals surface area contributed by atoms with Gasteiger partial charge in [-0.2, -0.15) is 0 Å². The topological polar surface area (TPSA) is 27.3 Å². The molecule has 2 atom stereocenters. The summed E-state index contributed by atoms with van der Waals surface area (Å²) in [5.41, 5.74) is 2.93. The molecule has 2 N–H and O–H groups in total. The van der Waals surface area contributed by atoms with Gasteiger partial charge >= 0.3 is 0 Å². The first-order valence-electron chi connectivity index (χ1n) is 9.17. The highest BCUT2D eigenvalue weighted by molar-refractivity contribution is 5.32. The molecule has 3 heteroatoms. The first-order chi connectivity index (χ1) is 11.0. The Hall–Kier alpha value is -0.900. The van der Waals surface area contributed by atoms with E-state index < -0.39 is 0 Å². The number of rotatable bonds is 7. The van der Waals surface area contributed by atoms with Gasteiger partial charge in [0.2, 0.25) is 0 Å². The third-order valence-corrected chi connectivity index (χ3v) is 5.40. The van der Waals surface area contributed by atoms with Gasteiger partial charge in [-0.1, -0.05) is 51.0 Å². The van der Waals surface area contributed by atoms with Crippen LogP contribution in [0.2, 0.25) is 0 Å². The molecular formula is C20H35N3. The molecule has 23 heavy (non-hydrogen) atoms. The second-order valence-electron chi connectivity index (χ2n) is 7.55. The number of hydrogen-bond donors (Lipinski definition) is 2. The third-order valence-electron chi connectivity index (χ3n) is 5.40. The largest absolute Gasteiger partial charge is 0.311 e. The number of nitrogens with zero attached hydrogens (tertiary/aromatic N) is 1. The molecule has 1 fully saturated rings. The maximum absolute atomic E-state index is 3.83. The fourth-order valence-electron chi connectivity index (χ4n) is 3.87. The molecule has 2 rings (SSSR count). The molecule has 2 unspecified atom stereocenters. The summed E-state index contributed by atoms with van der Waals surface area (Å²) in [5, 5.41) is 7.52. The molecule has 1 aliphatic rings. The summed E-state index contributed by atoms with van der Waals surface area (Å²) in [4.78, 5) is 2.24. The van der Waals surface area contributed by atoms with Crippen molar-refractivity contribution in [2.24, 2.45) is 0 Å². The second-order valence-corrected chi connectivity index (χ2v) is 7.55. The van der Waals surface area contributed by atoms with Gasteiger partial charge in [-0.05, 0) is 51.0 Å². The van der Waals surface area contributed by atoms with Crippen LogP contribution in [0.1, 0.15) is 56.6 Å². The maximum Gasteiger partial charge on any atom is 0.0587 e. The first kappa shape index (κ1) is 18.4. The third kappa shape index (κ3) is 4.34. The van der Waals surface area contributed by atoms with E-state index in [2.05, 4.69) is 74.8 Å². The molecule has 0 amide bonds. The molecular weight excluding hydrogens is 282 g/mol. The van der Waals surface area contributed by atoms with Crippen molar-refractivity contribution >= 4 is 0 Å². The molecule has 0 saturated heterocycles. The van der Waals surface area contributed by atoms with E-state index in [1.54, 1.807) is 0 Å². The summed E-state index contributed by atoms with van der Waals surface area (Å²) in [7, 11) is 6.40. The van der Waals surface area contributed by atoms with Crippen LogP contribution < -0.4 is 10.6 Å². The van der Waals surface area contributed by atoms with E-state index in [4.69, 9.17) is 0 Å². The predicted octanol–water partition coefficient (Wildman–Crippen LogP) is 3.32. The normalized spacial score (nSPS) is 25.3. The van der Waals surface area contributed by atoms with Gasteiger partial charge in [0, 0.05) is 19.1 Å². The van der Waals surface area contributed by atoms with Crippen molar-refractivity contribution < 1.29 is 0 Å². The van der Waals surface area contributed by atoms with E-state index in [1.165, 1.54) is 36.8 Å². The van der Waals surface area contributed by atoms with Gasteiger partial charge in [0.1, 0.15) is 0 Å². The van der Waals surface area contributed by atoms with Crippen molar-refractivity contribution in [3.05, 3.63) is 35.4 Å². The lowest BCUT2D eigenvalue weighted by molar-refractivity contribution is 0.175. The molecule has 0 heterocycles. The van der Waals surface area contributed by atoms with Crippen LogP contribution in [0.3, 0.4) is 0 Å². The quantitative estimate of drug-likeness (QED) is 0.808. The molecule has 1 aliphatic carbocycles. The Morgan fingerprint density at radius 2 is 1.87 bits per heavy atom. The van der Waals surface area contributed by atoms with Gasteiger partial charge in [-0.3, -0.25) is 0 Å². The molecule has 0 spiro atoms. The summed E-state index contributed by atoms with van der Waals surface area (Å²) < 4.78 is 0. The minimum Gasteiger partial charge on any atom is -0.311 e. The number of likely N-dealkylation sites (N-methyl/N-ethyl adjacent to an activating group) is 2. The Morgan fingerprint density at radius 3 is 2.43 bits per heavy atom. The average molecular weight is 318 g/mol. The van der Waals surface area contributed by atoms with Crippen molar-refractivity contribution in [3.8, 4) is 0 Å². The van der Waals surface area contributed by atoms with Crippen LogP contribution in [0.15, 0.2) is 24.3 Å². The standard InChI is InChI=1S/C20H35N3/c1-16(2)17-9-11-18(12-10-17)20(21-3)13-7-6-8-19(20)22-14-15-23(4)5/h9-12,16,19,21-22H,6-8,13-15H2,1-5H3. The molecule has 3 nitrogen and oxygen atoms in total. The Kier molecular flexibility index (Phi) is 6.63. The van der Waals surface area contributed by atoms with Gasteiger partial charge in [0.15, 0.2) is 0 Å². The van der Waals surface area contributed by atoms with Gasteiger partial charge in [-0.25, -0.2) is 0 Å². The Morgan fingerprint density at radius 1 is 1.17 bits per heavy atom. The highest BCUT2D eigenvalue weighted by Gasteiger charge is 2.40. The Balaban J connectivity index is 2.19. The maximum atomic E-state index is 3.83. The van der Waals surface area contributed by atoms with E-state index in [1.807, 2.05) is 0 Å². The molecule has 1 aromatic rings. The second kappa shape index (κ2) is 8.27. The van der Waals surface area contributed by atoms with Crippen LogP contribution in [0, 0.1) is 0 Å². The lowest BCUT2D eigenvalue weighted by Crippen LogP contribution is -2.58. The zero-order valence-electron chi connectivity index (χ0n) is 15.7. The molecule has 0 aliphatic heterocycles. The highest BCUT2D eigenvalue weighted by atomic mass is 15.1. The summed E-state index contributed by atoms with van der Waals surface area (Å²) in [6.45, 7) is 6.65. The monoisotopic (exact) mass is 317 g/mol. The van der Waals surface area contributed by atoms with E-state index in [0.29, 0.717) is 12.0 Å². The number of benzene rings is 1. The zero-order chi connectivity index (χ0) is 16.9. The van der Waals surface area contributed by atoms with Crippen LogP contribution in [0.5, 0.6) is 0 Å². The van der Waals surface area contributed by atoms with Crippen molar-refractivity contribution in [2.45, 2.75) is 57.0 Å². The molecule has 1 aromatic carbocycles. The van der Waals surface area contributed by atoms with Crippen LogP contribution >= 0.6 is 0 Å². The zero-order valence-corrected chi connectivity index (χ0v) is 15.7. The molecule has 0 radical (unpaired) electrons. The minimum absolute atomic E-state index is 0.0695. The van der Waals surface area contributed by atoms with Crippen molar-refractivity contribution in [1.29, 1.82) is 0 Å². The first-order valence-corrected chi connectivity index (χ1v) is 9.17. The van der Waals surface area contributed by atoms with Gasteiger partial charge in [-0.15, -0.1) is 0 Å². The Labute approximate surface area is 142 Å². The van der Waals surface area contributed by atoms with Crippen LogP contribution in [0.4, 0.5) is 0 Å². The summed E-state index contributed by atoms with van der Waals surface area (Å²) in [6.07, 6.45) is 5.09. The molecule has 0 aromatic heterocycles. The number of nitrogens with one attached hydrogen (secondary N) is 2. The van der Waals surface area contributed by atoms with Crippen LogP contribution in [-0.2, 0) is 5.54 Å². The fraction of sp³-hybridized carbons (Fsp3) is 0.700. The lowest BCUT2D eigenvalue weighted by Gasteiger charge is -2.45. The SMILES string of the molecule is CNC1(c2ccc(C(C)C)cc2)CCCCC1NCCN(C)C. The lowest BCUT2D eigenvalue weighted by atomic mass is 9.72. The Bertz CT molecular complexity index is 466. The van der Waals surface area contributed by atoms with Crippen molar-refractivity contribution in [1.82, 2.24) is 15.5 Å². The average Bonchev–Trinajstić information content (AvgIpc) is 2.55.